The number of likely N-dealkylation sites (tertiary alicyclic amines) is 1. The second-order valence-electron chi connectivity index (χ2n) is 12.7. The lowest BCUT2D eigenvalue weighted by Gasteiger charge is -2.60. The van der Waals surface area contributed by atoms with Gasteiger partial charge in [0.2, 0.25) is 5.91 Å². The minimum absolute atomic E-state index is 0.220. The molecule has 0 radical (unpaired) electrons. The number of nitrogens with two attached hydrogens (primary N) is 1. The quantitative estimate of drug-likeness (QED) is 0.463. The summed E-state index contributed by atoms with van der Waals surface area (Å²) in [4.78, 5) is 38.8. The zero-order valence-electron chi connectivity index (χ0n) is 24.9. The average molecular weight is 578 g/mol. The highest BCUT2D eigenvalue weighted by atomic mass is 16.6. The Morgan fingerprint density at radius 3 is 2.71 bits per heavy atom. The third-order valence-electron chi connectivity index (χ3n) is 10.1. The first kappa shape index (κ1) is 28.5. The number of ketones is 1. The van der Waals surface area contributed by atoms with Gasteiger partial charge in [-0.1, -0.05) is 6.07 Å². The zero-order valence-corrected chi connectivity index (χ0v) is 24.9. The summed E-state index contributed by atoms with van der Waals surface area (Å²) in [5, 5.41) is 2.69. The lowest BCUT2D eigenvalue weighted by Crippen LogP contribution is -2.71. The lowest BCUT2D eigenvalue weighted by molar-refractivity contribution is -0.957. The van der Waals surface area contributed by atoms with Crippen LogP contribution in [0.3, 0.4) is 0 Å². The molecule has 224 valence electrons. The van der Waals surface area contributed by atoms with Gasteiger partial charge >= 0.3 is 6.09 Å². The van der Waals surface area contributed by atoms with Crippen molar-refractivity contribution in [3.8, 4) is 17.2 Å². The Balaban J connectivity index is 1.15. The highest BCUT2D eigenvalue weighted by Crippen LogP contribution is 2.64. The second kappa shape index (κ2) is 10.6. The van der Waals surface area contributed by atoms with E-state index < -0.39 is 18.2 Å². The number of benzene rings is 2. The van der Waals surface area contributed by atoms with Crippen molar-refractivity contribution in [2.45, 2.75) is 62.8 Å². The van der Waals surface area contributed by atoms with E-state index >= 15 is 0 Å². The first-order chi connectivity index (χ1) is 20.1. The summed E-state index contributed by atoms with van der Waals surface area (Å²) in [7, 11) is 5.64. The molecule has 6 rings (SSSR count). The van der Waals surface area contributed by atoms with Crippen molar-refractivity contribution in [2.24, 2.45) is 11.7 Å². The molecule has 1 saturated carbocycles. The van der Waals surface area contributed by atoms with E-state index in [4.69, 9.17) is 19.9 Å². The van der Waals surface area contributed by atoms with Gasteiger partial charge < -0.3 is 34.6 Å². The van der Waals surface area contributed by atoms with E-state index in [1.807, 2.05) is 30.3 Å². The SMILES string of the molecule is COc1ccc2c3c1O[C@H]1C(=O)CC[C@H]4C(C2)[N@@+](C)(Cc2ccc(OC(=O)N(C)CCNC(=O)[C@H](C)N)cc2)CC[C@]314. The largest absolute Gasteiger partial charge is 0.493 e. The summed E-state index contributed by atoms with van der Waals surface area (Å²) >= 11 is 0. The summed E-state index contributed by atoms with van der Waals surface area (Å²) in [5.74, 6) is 2.32. The first-order valence-corrected chi connectivity index (χ1v) is 14.9. The monoisotopic (exact) mass is 577 g/mol. The van der Waals surface area contributed by atoms with Crippen molar-refractivity contribution in [1.29, 1.82) is 0 Å². The van der Waals surface area contributed by atoms with Crippen LogP contribution in [0.1, 0.15) is 42.9 Å². The summed E-state index contributed by atoms with van der Waals surface area (Å²) in [6.07, 6.45) is 2.41. The van der Waals surface area contributed by atoms with Crippen LogP contribution in [0, 0.1) is 5.92 Å². The number of hydrogen-bond acceptors (Lipinski definition) is 7. The van der Waals surface area contributed by atoms with E-state index in [0.717, 1.165) is 48.3 Å². The summed E-state index contributed by atoms with van der Waals surface area (Å²) < 4.78 is 18.6. The second-order valence-corrected chi connectivity index (χ2v) is 12.7. The molecule has 2 fully saturated rings. The molecule has 42 heavy (non-hydrogen) atoms. The van der Waals surface area contributed by atoms with Crippen LogP contribution in [-0.4, -0.2) is 86.2 Å². The Hall–Kier alpha value is -3.63. The van der Waals surface area contributed by atoms with Gasteiger partial charge in [0, 0.05) is 56.4 Å². The third-order valence-corrected chi connectivity index (χ3v) is 10.1. The molecule has 2 aliphatic carbocycles. The number of nitrogens with one attached hydrogen (secondary N) is 1. The Labute approximate surface area is 246 Å². The fraction of sp³-hybridized carbons (Fsp3) is 0.531. The molecule has 1 unspecified atom stereocenters. The molecule has 2 aromatic carbocycles. The lowest BCUT2D eigenvalue weighted by atomic mass is 9.51. The molecule has 2 bridgehead atoms. The standard InChI is InChI=1S/C32H40N4O6/c1-19(33)30(38)34-14-15-35(2)31(39)41-22-8-5-20(6-9-22)18-36(3)16-13-32-23-10-11-25(37)29(32)42-28-26(40-4)12-7-21(27(28)32)17-24(23)36/h5-9,12,19,23-24,29H,10-11,13-18,33H2,1-4H3/p+1/t19-,23-,24?,29-,32-,36+/m0/s1. The van der Waals surface area contributed by atoms with Crippen molar-refractivity contribution in [1.82, 2.24) is 10.2 Å². The van der Waals surface area contributed by atoms with Gasteiger partial charge in [-0.05, 0) is 49.2 Å². The number of likely N-dealkylation sites (N-methyl/N-ethyl adjacent to an activating group) is 2. The highest BCUT2D eigenvalue weighted by molar-refractivity contribution is 5.89. The molecule has 2 aliphatic heterocycles. The predicted molar refractivity (Wildman–Crippen MR) is 155 cm³/mol. The van der Waals surface area contributed by atoms with Crippen LogP contribution >= 0.6 is 0 Å². The number of quaternary nitrogens is 1. The van der Waals surface area contributed by atoms with Crippen molar-refractivity contribution >= 4 is 17.8 Å². The first-order valence-electron chi connectivity index (χ1n) is 14.9. The van der Waals surface area contributed by atoms with Crippen molar-refractivity contribution in [3.63, 3.8) is 0 Å². The van der Waals surface area contributed by atoms with E-state index in [-0.39, 0.29) is 17.1 Å². The highest BCUT2D eigenvalue weighted by Gasteiger charge is 2.69. The maximum Gasteiger partial charge on any atom is 0.415 e. The van der Waals surface area contributed by atoms with Gasteiger partial charge in [-0.25, -0.2) is 4.79 Å². The number of methoxy groups -OCH3 is 1. The number of amides is 2. The number of Topliss-reactive ketones (excluding diaryl/α,β-unsaturated/α-hetero) is 1. The fourth-order valence-corrected chi connectivity index (χ4v) is 8.00. The number of piperidine rings is 1. The van der Waals surface area contributed by atoms with Crippen LogP contribution in [0.5, 0.6) is 17.2 Å². The van der Waals surface area contributed by atoms with Crippen molar-refractivity contribution < 1.29 is 33.1 Å². The maximum absolute atomic E-state index is 13.2. The molecule has 2 amide bonds. The molecule has 0 aromatic heterocycles. The van der Waals surface area contributed by atoms with Crippen molar-refractivity contribution in [2.75, 3.05) is 40.8 Å². The fourth-order valence-electron chi connectivity index (χ4n) is 8.00. The van der Waals surface area contributed by atoms with E-state index in [1.165, 1.54) is 21.6 Å². The van der Waals surface area contributed by atoms with Gasteiger partial charge in [0.05, 0.1) is 38.2 Å². The molecule has 2 heterocycles. The Morgan fingerprint density at radius 1 is 1.24 bits per heavy atom. The Bertz CT molecular complexity index is 1410. The average Bonchev–Trinajstić information content (AvgIpc) is 3.33. The molecular formula is C32H41N4O6+. The number of nitrogens with zero attached hydrogens (tertiary/aromatic N) is 2. The summed E-state index contributed by atoms with van der Waals surface area (Å²) in [6.45, 7) is 4.02. The maximum atomic E-state index is 13.2. The van der Waals surface area contributed by atoms with Crippen LogP contribution in [-0.2, 0) is 28.0 Å². The van der Waals surface area contributed by atoms with Gasteiger partial charge in [0.15, 0.2) is 23.4 Å². The zero-order chi connectivity index (χ0) is 29.8. The number of hydrogen-bond donors (Lipinski definition) is 2. The van der Waals surface area contributed by atoms with Gasteiger partial charge in [0.1, 0.15) is 12.3 Å². The van der Waals surface area contributed by atoms with E-state index in [9.17, 15) is 14.4 Å². The van der Waals surface area contributed by atoms with Crippen LogP contribution in [0.25, 0.3) is 0 Å². The van der Waals surface area contributed by atoms with E-state index in [1.54, 1.807) is 21.1 Å². The third kappa shape index (κ3) is 4.52. The minimum Gasteiger partial charge on any atom is -0.493 e. The number of rotatable bonds is 8. The van der Waals surface area contributed by atoms with Gasteiger partial charge in [-0.2, -0.15) is 0 Å². The Kier molecular flexibility index (Phi) is 7.17. The molecular weight excluding hydrogens is 536 g/mol. The van der Waals surface area contributed by atoms with Crippen LogP contribution in [0.15, 0.2) is 36.4 Å². The van der Waals surface area contributed by atoms with Crippen LogP contribution < -0.4 is 25.3 Å². The minimum atomic E-state index is -0.595. The molecule has 2 aromatic rings. The predicted octanol–water partition coefficient (Wildman–Crippen LogP) is 2.54. The topological polar surface area (TPSA) is 120 Å². The van der Waals surface area contributed by atoms with Gasteiger partial charge in [0.25, 0.3) is 0 Å². The van der Waals surface area contributed by atoms with Gasteiger partial charge in [-0.3, -0.25) is 9.59 Å². The van der Waals surface area contributed by atoms with E-state index in [0.29, 0.717) is 37.2 Å². The smallest absolute Gasteiger partial charge is 0.415 e. The molecule has 1 saturated heterocycles. The molecule has 10 heteroatoms. The van der Waals surface area contributed by atoms with E-state index in [2.05, 4.69) is 18.4 Å². The summed E-state index contributed by atoms with van der Waals surface area (Å²) in [6, 6.07) is 11.7. The number of ether oxygens (including phenoxy) is 3. The molecule has 1 spiro atoms. The van der Waals surface area contributed by atoms with Gasteiger partial charge in [-0.15, -0.1) is 0 Å². The Morgan fingerprint density at radius 2 is 2.00 bits per heavy atom. The molecule has 3 N–H and O–H groups in total. The number of carbonyl (C=O) groups is 3. The number of carbonyl (C=O) groups excluding carboxylic acids is 3. The van der Waals surface area contributed by atoms with Crippen LogP contribution in [0.4, 0.5) is 4.79 Å². The van der Waals surface area contributed by atoms with Crippen LogP contribution in [0.2, 0.25) is 0 Å². The summed E-state index contributed by atoms with van der Waals surface area (Å²) in [5.41, 5.74) is 8.99. The molecule has 6 atom stereocenters. The molecule has 4 aliphatic rings. The normalized spacial score (nSPS) is 29.2. The van der Waals surface area contributed by atoms with Crippen molar-refractivity contribution in [3.05, 3.63) is 53.1 Å². The molecule has 10 nitrogen and oxygen atoms in total.